The van der Waals surface area contributed by atoms with E-state index in [1.165, 1.54) is 11.8 Å². The van der Waals surface area contributed by atoms with Crippen LogP contribution in [0.3, 0.4) is 0 Å². The van der Waals surface area contributed by atoms with E-state index in [9.17, 15) is 4.79 Å². The van der Waals surface area contributed by atoms with Gasteiger partial charge < -0.3 is 4.52 Å². The lowest BCUT2D eigenvalue weighted by molar-refractivity contribution is 0.0944. The smallest absolute Gasteiger partial charge is 0.287 e. The van der Waals surface area contributed by atoms with Gasteiger partial charge in [0.2, 0.25) is 0 Å². The number of hydrazine groups is 1. The summed E-state index contributed by atoms with van der Waals surface area (Å²) in [6.45, 7) is 5.89. The van der Waals surface area contributed by atoms with Crippen molar-refractivity contribution in [2.75, 3.05) is 0 Å². The summed E-state index contributed by atoms with van der Waals surface area (Å²) in [6.07, 6.45) is 0. The normalized spacial score (nSPS) is 10.6. The molecule has 0 spiro atoms. The van der Waals surface area contributed by atoms with Gasteiger partial charge in [0.25, 0.3) is 5.91 Å². The molecule has 0 atom stereocenters. The minimum absolute atomic E-state index is 0.153. The lowest BCUT2D eigenvalue weighted by atomic mass is 10.2. The largest absolute Gasteiger partial charge is 0.360 e. The Labute approximate surface area is 120 Å². The minimum Gasteiger partial charge on any atom is -0.360 e. The van der Waals surface area contributed by atoms with Crippen molar-refractivity contribution in [3.63, 3.8) is 0 Å². The third kappa shape index (κ3) is 3.14. The Balaban J connectivity index is 2.05. The number of amides is 1. The third-order valence-electron chi connectivity index (χ3n) is 2.88. The summed E-state index contributed by atoms with van der Waals surface area (Å²) in [5.74, 6) is 5.59. The van der Waals surface area contributed by atoms with Crippen LogP contribution >= 0.6 is 11.8 Å². The van der Waals surface area contributed by atoms with Gasteiger partial charge in [-0.2, -0.15) is 0 Å². The zero-order valence-electron chi connectivity index (χ0n) is 11.4. The van der Waals surface area contributed by atoms with E-state index in [4.69, 9.17) is 10.4 Å². The fourth-order valence-corrected chi connectivity index (χ4v) is 2.31. The van der Waals surface area contributed by atoms with Crippen molar-refractivity contribution in [1.82, 2.24) is 20.6 Å². The lowest BCUT2D eigenvalue weighted by Gasteiger charge is -2.05. The number of nitrogens with one attached hydrogen (secondary N) is 1. The van der Waals surface area contributed by atoms with Crippen molar-refractivity contribution < 1.29 is 9.32 Å². The quantitative estimate of drug-likeness (QED) is 0.287. The summed E-state index contributed by atoms with van der Waals surface area (Å²) in [5, 5.41) is 4.30. The van der Waals surface area contributed by atoms with E-state index in [0.717, 1.165) is 17.0 Å². The molecule has 8 heteroatoms. The topological polar surface area (TPSA) is 107 Å². The highest BCUT2D eigenvalue weighted by atomic mass is 32.2. The van der Waals surface area contributed by atoms with Crippen molar-refractivity contribution in [1.29, 1.82) is 0 Å². The first-order chi connectivity index (χ1) is 9.51. The highest BCUT2D eigenvalue weighted by Crippen LogP contribution is 2.21. The Morgan fingerprint density at radius 2 is 2.00 bits per heavy atom. The Hall–Kier alpha value is -1.93. The molecule has 2 rings (SSSR count). The fourth-order valence-electron chi connectivity index (χ4n) is 1.50. The monoisotopic (exact) mass is 293 g/mol. The fraction of sp³-hybridized carbons (Fsp3) is 0.333. The second kappa shape index (κ2) is 6.02. The van der Waals surface area contributed by atoms with Crippen molar-refractivity contribution in [3.8, 4) is 0 Å². The first kappa shape index (κ1) is 14.5. The molecular weight excluding hydrogens is 278 g/mol. The zero-order valence-corrected chi connectivity index (χ0v) is 12.2. The predicted octanol–water partition coefficient (Wildman–Crippen LogP) is 1.29. The Kier molecular flexibility index (Phi) is 4.35. The van der Waals surface area contributed by atoms with Gasteiger partial charge in [-0.3, -0.25) is 10.2 Å². The maximum absolute atomic E-state index is 11.2. The van der Waals surface area contributed by atoms with Crippen molar-refractivity contribution in [2.24, 2.45) is 5.84 Å². The molecular formula is C12H15N5O2S. The van der Waals surface area contributed by atoms with Crippen molar-refractivity contribution in [3.05, 3.63) is 34.5 Å². The molecule has 20 heavy (non-hydrogen) atoms. The predicted molar refractivity (Wildman–Crippen MR) is 74.0 cm³/mol. The Morgan fingerprint density at radius 3 is 2.60 bits per heavy atom. The SMILES string of the molecule is Cc1nc(SCc2cc(C(=O)NN)no2)nc(C)c1C. The molecule has 2 aromatic heterocycles. The third-order valence-corrected chi connectivity index (χ3v) is 3.75. The average molecular weight is 293 g/mol. The average Bonchev–Trinajstić information content (AvgIpc) is 2.90. The zero-order chi connectivity index (χ0) is 14.7. The van der Waals surface area contributed by atoms with Crippen LogP contribution in [0.1, 0.15) is 33.2 Å². The molecule has 1 amide bonds. The van der Waals surface area contributed by atoms with Crippen LogP contribution in [0.5, 0.6) is 0 Å². The number of carbonyl (C=O) groups is 1. The second-order valence-corrected chi connectivity index (χ2v) is 5.19. The summed E-state index contributed by atoms with van der Waals surface area (Å²) in [7, 11) is 0. The number of carbonyl (C=O) groups excluding carboxylic acids is 1. The molecule has 0 fully saturated rings. The van der Waals surface area contributed by atoms with Gasteiger partial charge >= 0.3 is 0 Å². The van der Waals surface area contributed by atoms with Gasteiger partial charge in [0, 0.05) is 17.5 Å². The number of nitrogens with zero attached hydrogens (tertiary/aromatic N) is 3. The molecule has 0 aromatic carbocycles. The maximum atomic E-state index is 11.2. The summed E-state index contributed by atoms with van der Waals surface area (Å²) < 4.78 is 5.05. The number of thioether (sulfide) groups is 1. The van der Waals surface area contributed by atoms with E-state index in [1.807, 2.05) is 26.2 Å². The molecule has 0 unspecified atom stereocenters. The Morgan fingerprint density at radius 1 is 1.35 bits per heavy atom. The molecule has 3 N–H and O–H groups in total. The van der Waals surface area contributed by atoms with Gasteiger partial charge in [-0.1, -0.05) is 16.9 Å². The van der Waals surface area contributed by atoms with Crippen LogP contribution in [0.15, 0.2) is 15.7 Å². The second-order valence-electron chi connectivity index (χ2n) is 4.24. The molecule has 2 aromatic rings. The van der Waals surface area contributed by atoms with Gasteiger partial charge in [-0.25, -0.2) is 15.8 Å². The minimum atomic E-state index is -0.483. The first-order valence-electron chi connectivity index (χ1n) is 5.92. The van der Waals surface area contributed by atoms with E-state index in [1.54, 1.807) is 6.07 Å². The van der Waals surface area contributed by atoms with Crippen molar-refractivity contribution >= 4 is 17.7 Å². The van der Waals surface area contributed by atoms with Crippen molar-refractivity contribution in [2.45, 2.75) is 31.7 Å². The molecule has 106 valence electrons. The lowest BCUT2D eigenvalue weighted by Crippen LogP contribution is -2.30. The van der Waals surface area contributed by atoms with Crippen LogP contribution in [-0.2, 0) is 5.75 Å². The highest BCUT2D eigenvalue weighted by Gasteiger charge is 2.12. The van der Waals surface area contributed by atoms with E-state index in [0.29, 0.717) is 16.7 Å². The Bertz CT molecular complexity index is 618. The standard InChI is InChI=1S/C12H15N5O2S/c1-6-7(2)14-12(15-8(6)3)20-5-9-4-10(17-19-9)11(18)16-13/h4H,5,13H2,1-3H3,(H,16,18). The van der Waals surface area contributed by atoms with E-state index >= 15 is 0 Å². The first-order valence-corrected chi connectivity index (χ1v) is 6.91. The van der Waals surface area contributed by atoms with Gasteiger partial charge in [-0.15, -0.1) is 0 Å². The van der Waals surface area contributed by atoms with Crippen LogP contribution in [0.2, 0.25) is 0 Å². The highest BCUT2D eigenvalue weighted by molar-refractivity contribution is 7.98. The molecule has 0 aliphatic heterocycles. The number of aromatic nitrogens is 3. The molecule has 0 radical (unpaired) electrons. The molecule has 0 aliphatic rings. The van der Waals surface area contributed by atoms with Crippen LogP contribution in [-0.4, -0.2) is 21.0 Å². The van der Waals surface area contributed by atoms with Crippen LogP contribution in [0.4, 0.5) is 0 Å². The number of hydrogen-bond acceptors (Lipinski definition) is 7. The van der Waals surface area contributed by atoms with Gasteiger partial charge in [0.05, 0.1) is 5.75 Å². The van der Waals surface area contributed by atoms with E-state index < -0.39 is 5.91 Å². The molecule has 2 heterocycles. The summed E-state index contributed by atoms with van der Waals surface area (Å²) in [4.78, 5) is 20.0. The van der Waals surface area contributed by atoms with Crippen LogP contribution in [0, 0.1) is 20.8 Å². The molecule has 0 saturated heterocycles. The molecule has 0 aliphatic carbocycles. The number of rotatable bonds is 4. The van der Waals surface area contributed by atoms with Crippen LogP contribution in [0.25, 0.3) is 0 Å². The number of nitrogens with two attached hydrogens (primary N) is 1. The van der Waals surface area contributed by atoms with E-state index in [2.05, 4.69) is 15.1 Å². The van der Waals surface area contributed by atoms with Crippen LogP contribution < -0.4 is 11.3 Å². The van der Waals surface area contributed by atoms with Gasteiger partial charge in [0.1, 0.15) is 5.76 Å². The van der Waals surface area contributed by atoms with Gasteiger partial charge in [0.15, 0.2) is 10.9 Å². The summed E-state index contributed by atoms with van der Waals surface area (Å²) >= 11 is 1.42. The molecule has 7 nitrogen and oxygen atoms in total. The summed E-state index contributed by atoms with van der Waals surface area (Å²) in [6, 6.07) is 1.54. The number of aryl methyl sites for hydroxylation is 2. The molecule has 0 bridgehead atoms. The summed E-state index contributed by atoms with van der Waals surface area (Å²) in [5.41, 5.74) is 5.16. The molecule has 0 saturated carbocycles. The maximum Gasteiger partial charge on any atom is 0.287 e. The number of hydrogen-bond donors (Lipinski definition) is 2. The van der Waals surface area contributed by atoms with Gasteiger partial charge in [-0.05, 0) is 26.3 Å². The van der Waals surface area contributed by atoms with E-state index in [-0.39, 0.29) is 5.69 Å². The number of nitrogen functional groups attached to an aromatic ring is 1.